The van der Waals surface area contributed by atoms with E-state index in [9.17, 15) is 0 Å². The summed E-state index contributed by atoms with van der Waals surface area (Å²) >= 11 is 10.6. The molecule has 1 aromatic rings. The lowest BCUT2D eigenvalue weighted by Gasteiger charge is -1.94. The first-order valence-electron chi connectivity index (χ1n) is 3.56. The quantitative estimate of drug-likeness (QED) is 0.725. The van der Waals surface area contributed by atoms with Gasteiger partial charge in [-0.3, -0.25) is 0 Å². The Kier molecular flexibility index (Phi) is 2.16. The number of aliphatic imine (C=N–C) groups is 1. The zero-order valence-corrected chi connectivity index (χ0v) is 8.02. The minimum atomic E-state index is 0.362. The van der Waals surface area contributed by atoms with Crippen LogP contribution in [0, 0.1) is 0 Å². The second kappa shape index (κ2) is 3.32. The molecule has 2 heterocycles. The second-order valence-electron chi connectivity index (χ2n) is 2.41. The fourth-order valence-corrected chi connectivity index (χ4v) is 1.39. The predicted octanol–water partition coefficient (Wildman–Crippen LogP) is 2.15. The summed E-state index contributed by atoms with van der Waals surface area (Å²) in [5, 5.41) is 3.58. The Morgan fingerprint density at radius 2 is 2.46 bits per heavy atom. The van der Waals surface area contributed by atoms with Crippen molar-refractivity contribution in [3.8, 4) is 0 Å². The maximum Gasteiger partial charge on any atom is 0.198 e. The predicted molar refractivity (Wildman–Crippen MR) is 55.7 cm³/mol. The van der Waals surface area contributed by atoms with Crippen LogP contribution in [0.3, 0.4) is 0 Å². The Morgan fingerprint density at radius 3 is 3.00 bits per heavy atom. The maximum absolute atomic E-state index is 5.78. The van der Waals surface area contributed by atoms with Gasteiger partial charge in [0.25, 0.3) is 0 Å². The van der Waals surface area contributed by atoms with Gasteiger partial charge in [0.1, 0.15) is 5.76 Å². The number of rotatable bonds is 1. The molecule has 1 aliphatic rings. The molecule has 1 aliphatic heterocycles. The summed E-state index contributed by atoms with van der Waals surface area (Å²) in [7, 11) is 0. The van der Waals surface area contributed by atoms with Crippen LogP contribution in [0.5, 0.6) is 0 Å². The highest BCUT2D eigenvalue weighted by Crippen LogP contribution is 2.13. The van der Waals surface area contributed by atoms with Crippen LogP contribution in [0.15, 0.2) is 33.5 Å². The van der Waals surface area contributed by atoms with Crippen molar-refractivity contribution in [3.63, 3.8) is 0 Å². The van der Waals surface area contributed by atoms with E-state index in [1.54, 1.807) is 18.4 Å². The van der Waals surface area contributed by atoms with Gasteiger partial charge in [-0.2, -0.15) is 0 Å². The molecule has 13 heavy (non-hydrogen) atoms. The van der Waals surface area contributed by atoms with Gasteiger partial charge in [0.2, 0.25) is 0 Å². The van der Waals surface area contributed by atoms with E-state index in [-0.39, 0.29) is 0 Å². The molecule has 0 aliphatic carbocycles. The highest BCUT2D eigenvalue weighted by molar-refractivity contribution is 7.80. The molecular weight excluding hydrogens is 208 g/mol. The van der Waals surface area contributed by atoms with Crippen LogP contribution in [0.4, 0.5) is 0 Å². The van der Waals surface area contributed by atoms with Gasteiger partial charge in [0.05, 0.1) is 12.0 Å². The standard InChI is InChI=1S/C8H5ClN2OS/c9-7-6(10-8(13)11-7)4-5-2-1-3-12-5/h1-4H,(H,10,13)/b6-4+. The number of thiocarbonyl (C=S) groups is 1. The van der Waals surface area contributed by atoms with Crippen LogP contribution in [-0.2, 0) is 0 Å². The first-order valence-corrected chi connectivity index (χ1v) is 4.35. The number of nitrogens with zero attached hydrogens (tertiary/aromatic N) is 1. The van der Waals surface area contributed by atoms with Crippen molar-refractivity contribution in [2.75, 3.05) is 0 Å². The third kappa shape index (κ3) is 1.79. The Labute approximate surface area is 85.1 Å². The SMILES string of the molecule is S=C1N=C(Cl)/C(=C\c2ccco2)N1. The molecule has 0 amide bonds. The van der Waals surface area contributed by atoms with Crippen LogP contribution < -0.4 is 5.32 Å². The topological polar surface area (TPSA) is 37.5 Å². The molecule has 0 spiro atoms. The van der Waals surface area contributed by atoms with Crippen molar-refractivity contribution in [2.45, 2.75) is 0 Å². The molecule has 0 bridgehead atoms. The van der Waals surface area contributed by atoms with Gasteiger partial charge in [-0.25, -0.2) is 4.99 Å². The zero-order valence-electron chi connectivity index (χ0n) is 6.45. The lowest BCUT2D eigenvalue weighted by atomic mass is 10.3. The van der Waals surface area contributed by atoms with Gasteiger partial charge < -0.3 is 9.73 Å². The number of hydrogen-bond donors (Lipinski definition) is 1. The van der Waals surface area contributed by atoms with Crippen molar-refractivity contribution in [2.24, 2.45) is 4.99 Å². The molecule has 0 saturated carbocycles. The third-order valence-electron chi connectivity index (χ3n) is 1.49. The normalized spacial score (nSPS) is 19.0. The summed E-state index contributed by atoms with van der Waals surface area (Å²) < 4.78 is 5.11. The van der Waals surface area contributed by atoms with E-state index in [0.717, 1.165) is 0 Å². The van der Waals surface area contributed by atoms with Crippen molar-refractivity contribution in [1.29, 1.82) is 0 Å². The van der Waals surface area contributed by atoms with E-state index < -0.39 is 0 Å². The minimum absolute atomic E-state index is 0.362. The molecule has 0 atom stereocenters. The summed E-state index contributed by atoms with van der Waals surface area (Å²) in [6, 6.07) is 3.62. The number of allylic oxidation sites excluding steroid dienone is 1. The van der Waals surface area contributed by atoms with E-state index in [1.165, 1.54) is 0 Å². The Balaban J connectivity index is 2.29. The van der Waals surface area contributed by atoms with Gasteiger partial charge >= 0.3 is 0 Å². The Morgan fingerprint density at radius 1 is 1.62 bits per heavy atom. The van der Waals surface area contributed by atoms with Crippen LogP contribution in [0.1, 0.15) is 5.76 Å². The molecule has 0 saturated heterocycles. The Bertz CT molecular complexity index is 394. The van der Waals surface area contributed by atoms with E-state index >= 15 is 0 Å². The molecule has 1 aromatic heterocycles. The molecule has 0 unspecified atom stereocenters. The Hall–Kier alpha value is -1.13. The average molecular weight is 213 g/mol. The van der Waals surface area contributed by atoms with Crippen molar-refractivity contribution >= 4 is 40.2 Å². The van der Waals surface area contributed by atoms with E-state index in [2.05, 4.69) is 10.3 Å². The summed E-state index contributed by atoms with van der Waals surface area (Å²) in [6.07, 6.45) is 3.33. The molecule has 0 aromatic carbocycles. The summed E-state index contributed by atoms with van der Waals surface area (Å²) in [4.78, 5) is 3.84. The van der Waals surface area contributed by atoms with Gasteiger partial charge in [0.15, 0.2) is 10.3 Å². The highest BCUT2D eigenvalue weighted by Gasteiger charge is 2.14. The summed E-state index contributed by atoms with van der Waals surface area (Å²) in [5.74, 6) is 0.709. The van der Waals surface area contributed by atoms with Crippen molar-refractivity contribution in [1.82, 2.24) is 5.32 Å². The minimum Gasteiger partial charge on any atom is -0.465 e. The molecular formula is C8H5ClN2OS. The largest absolute Gasteiger partial charge is 0.465 e. The highest BCUT2D eigenvalue weighted by atomic mass is 35.5. The van der Waals surface area contributed by atoms with Gasteiger partial charge in [-0.05, 0) is 24.4 Å². The van der Waals surface area contributed by atoms with E-state index in [1.807, 2.05) is 6.07 Å². The number of nitrogens with one attached hydrogen (secondary N) is 1. The molecule has 2 rings (SSSR count). The molecule has 0 radical (unpaired) electrons. The molecule has 5 heteroatoms. The third-order valence-corrected chi connectivity index (χ3v) is 1.97. The van der Waals surface area contributed by atoms with E-state index in [4.69, 9.17) is 28.2 Å². The van der Waals surface area contributed by atoms with Crippen LogP contribution in [-0.4, -0.2) is 10.3 Å². The monoisotopic (exact) mass is 212 g/mol. The van der Waals surface area contributed by atoms with Crippen LogP contribution in [0.25, 0.3) is 6.08 Å². The summed E-state index contributed by atoms with van der Waals surface area (Å²) in [6.45, 7) is 0. The number of halogens is 1. The molecule has 1 N–H and O–H groups in total. The average Bonchev–Trinajstić information content (AvgIpc) is 2.63. The first kappa shape index (κ1) is 8.47. The van der Waals surface area contributed by atoms with Gasteiger partial charge in [-0.1, -0.05) is 11.6 Å². The second-order valence-corrected chi connectivity index (χ2v) is 3.15. The fraction of sp³-hybridized carbons (Fsp3) is 0. The van der Waals surface area contributed by atoms with Gasteiger partial charge in [0, 0.05) is 6.08 Å². The lowest BCUT2D eigenvalue weighted by Crippen LogP contribution is -2.12. The van der Waals surface area contributed by atoms with E-state index in [0.29, 0.717) is 21.7 Å². The zero-order chi connectivity index (χ0) is 9.26. The summed E-state index contributed by atoms with van der Waals surface area (Å²) in [5.41, 5.74) is 0.668. The fourth-order valence-electron chi connectivity index (χ4n) is 0.955. The molecule has 66 valence electrons. The number of hydrogen-bond acceptors (Lipinski definition) is 2. The number of furan rings is 1. The molecule has 3 nitrogen and oxygen atoms in total. The maximum atomic E-state index is 5.78. The molecule has 0 fully saturated rings. The van der Waals surface area contributed by atoms with Crippen molar-refractivity contribution in [3.05, 3.63) is 29.9 Å². The van der Waals surface area contributed by atoms with Crippen LogP contribution >= 0.6 is 23.8 Å². The first-order chi connectivity index (χ1) is 6.25. The van der Waals surface area contributed by atoms with Crippen LogP contribution in [0.2, 0.25) is 0 Å². The lowest BCUT2D eigenvalue weighted by molar-refractivity contribution is 0.556. The van der Waals surface area contributed by atoms with Gasteiger partial charge in [-0.15, -0.1) is 0 Å². The smallest absolute Gasteiger partial charge is 0.198 e. The van der Waals surface area contributed by atoms with Crippen molar-refractivity contribution < 1.29 is 4.42 Å².